The number of hydrogen-bond acceptors (Lipinski definition) is 10. The lowest BCUT2D eigenvalue weighted by Gasteiger charge is -2.38. The van der Waals surface area contributed by atoms with Crippen molar-refractivity contribution in [3.05, 3.63) is 22.5 Å². The average molecular weight is 442 g/mol. The summed E-state index contributed by atoms with van der Waals surface area (Å²) >= 11 is 3.01. The van der Waals surface area contributed by atoms with Crippen LogP contribution in [0.2, 0.25) is 0 Å². The molecule has 2 aliphatic rings. The number of nitriles is 1. The number of aliphatic hydroxyl groups is 1. The Morgan fingerprint density at radius 3 is 2.83 bits per heavy atom. The molecule has 0 amide bonds. The number of fused-ring (bicyclic) bond motifs is 3. The van der Waals surface area contributed by atoms with E-state index in [0.29, 0.717) is 35.6 Å². The fourth-order valence-corrected chi connectivity index (χ4v) is 6.11. The second-order valence-corrected chi connectivity index (χ2v) is 9.80. The van der Waals surface area contributed by atoms with Crippen LogP contribution in [0.4, 0.5) is 16.9 Å². The van der Waals surface area contributed by atoms with Gasteiger partial charge >= 0.3 is 0 Å². The summed E-state index contributed by atoms with van der Waals surface area (Å²) in [6, 6.07) is 5.73. The minimum atomic E-state index is -0.0147. The van der Waals surface area contributed by atoms with E-state index in [0.717, 1.165) is 40.3 Å². The van der Waals surface area contributed by atoms with Crippen LogP contribution >= 0.6 is 22.7 Å². The van der Waals surface area contributed by atoms with Crippen molar-refractivity contribution in [1.82, 2.24) is 19.9 Å². The molecule has 0 spiro atoms. The van der Waals surface area contributed by atoms with Gasteiger partial charge in [-0.25, -0.2) is 9.97 Å². The Morgan fingerprint density at radius 1 is 1.27 bits per heavy atom. The molecule has 2 bridgehead atoms. The molecule has 3 N–H and O–H groups in total. The van der Waals surface area contributed by atoms with Crippen molar-refractivity contribution in [2.24, 2.45) is 0 Å². The molecule has 0 saturated carbocycles. The second-order valence-electron chi connectivity index (χ2n) is 7.79. The Kier molecular flexibility index (Phi) is 5.52. The van der Waals surface area contributed by atoms with E-state index in [9.17, 15) is 5.11 Å². The van der Waals surface area contributed by atoms with E-state index >= 15 is 0 Å². The van der Waals surface area contributed by atoms with Crippen LogP contribution in [0.15, 0.2) is 17.6 Å². The summed E-state index contributed by atoms with van der Waals surface area (Å²) in [5.74, 6) is 1.37. The maximum atomic E-state index is 9.29. The van der Waals surface area contributed by atoms with E-state index in [2.05, 4.69) is 26.6 Å². The summed E-state index contributed by atoms with van der Waals surface area (Å²) in [4.78, 5) is 18.1. The van der Waals surface area contributed by atoms with Crippen LogP contribution < -0.4 is 10.6 Å². The van der Waals surface area contributed by atoms with Crippen molar-refractivity contribution in [2.45, 2.75) is 56.8 Å². The predicted molar refractivity (Wildman–Crippen MR) is 119 cm³/mol. The Bertz CT molecular complexity index is 1060. The quantitative estimate of drug-likeness (QED) is 0.509. The Morgan fingerprint density at radius 2 is 2.10 bits per heavy atom. The van der Waals surface area contributed by atoms with E-state index in [-0.39, 0.29) is 6.61 Å². The first-order chi connectivity index (χ1) is 14.7. The van der Waals surface area contributed by atoms with Crippen LogP contribution in [-0.4, -0.2) is 49.6 Å². The molecule has 5 heterocycles. The maximum Gasteiger partial charge on any atom is 0.226 e. The van der Waals surface area contributed by atoms with Crippen LogP contribution in [0.1, 0.15) is 37.0 Å². The summed E-state index contributed by atoms with van der Waals surface area (Å²) < 4.78 is 0. The molecule has 1 unspecified atom stereocenters. The highest BCUT2D eigenvalue weighted by Gasteiger charge is 2.40. The smallest absolute Gasteiger partial charge is 0.226 e. The van der Waals surface area contributed by atoms with Crippen LogP contribution in [-0.2, 0) is 6.61 Å². The lowest BCUT2D eigenvalue weighted by atomic mass is 9.97. The Hall–Kier alpha value is -2.32. The molecule has 0 radical (unpaired) electrons. The van der Waals surface area contributed by atoms with Gasteiger partial charge in [-0.1, -0.05) is 11.3 Å². The summed E-state index contributed by atoms with van der Waals surface area (Å²) in [6.07, 6.45) is 6.82. The SMILES string of the molecule is N#CCCN1[C@@H]2CC[C@H]1CC(Nc1nc(Nc3ncc(CO)s3)c3ccsc3n1)C2. The number of nitrogens with one attached hydrogen (secondary N) is 2. The Balaban J connectivity index is 1.33. The highest BCUT2D eigenvalue weighted by Crippen LogP contribution is 2.37. The summed E-state index contributed by atoms with van der Waals surface area (Å²) in [5, 5.41) is 28.8. The lowest BCUT2D eigenvalue weighted by molar-refractivity contribution is 0.135. The van der Waals surface area contributed by atoms with Crippen molar-refractivity contribution in [2.75, 3.05) is 17.2 Å². The number of piperidine rings is 1. The standard InChI is InChI=1S/C20H23N7OS2/c21-5-1-6-27-13-2-3-14(27)9-12(8-13)23-19-24-17(16-4-7-29-18(16)26-19)25-20-22-10-15(11-28)30-20/h4,7,10,12-14,28H,1-3,6,8-9,11H2,(H2,22,23,24,25,26)/t12?,13-,14+. The number of thiophene rings is 1. The van der Waals surface area contributed by atoms with Crippen molar-refractivity contribution >= 4 is 49.8 Å². The number of nitrogens with zero attached hydrogens (tertiary/aromatic N) is 5. The molecule has 156 valence electrons. The van der Waals surface area contributed by atoms with Crippen LogP contribution in [0.5, 0.6) is 0 Å². The number of thiazole rings is 1. The van der Waals surface area contributed by atoms with E-state index in [1.807, 2.05) is 11.4 Å². The van der Waals surface area contributed by atoms with Crippen molar-refractivity contribution in [3.63, 3.8) is 0 Å². The molecule has 2 aliphatic heterocycles. The van der Waals surface area contributed by atoms with E-state index in [4.69, 9.17) is 15.2 Å². The third-order valence-electron chi connectivity index (χ3n) is 5.96. The number of aromatic nitrogens is 3. The molecular formula is C20H23N7OS2. The topological polar surface area (TPSA) is 110 Å². The van der Waals surface area contributed by atoms with Crippen molar-refractivity contribution in [1.29, 1.82) is 5.26 Å². The molecule has 2 fully saturated rings. The lowest BCUT2D eigenvalue weighted by Crippen LogP contribution is -2.47. The first-order valence-electron chi connectivity index (χ1n) is 10.2. The summed E-state index contributed by atoms with van der Waals surface area (Å²) in [7, 11) is 0. The summed E-state index contributed by atoms with van der Waals surface area (Å²) in [5.41, 5.74) is 0. The van der Waals surface area contributed by atoms with Gasteiger partial charge in [0.25, 0.3) is 0 Å². The van der Waals surface area contributed by atoms with Gasteiger partial charge in [0, 0.05) is 37.3 Å². The zero-order chi connectivity index (χ0) is 20.5. The predicted octanol–water partition coefficient (Wildman–Crippen LogP) is 3.70. The van der Waals surface area contributed by atoms with E-state index < -0.39 is 0 Å². The van der Waals surface area contributed by atoms with Gasteiger partial charge in [0.2, 0.25) is 5.95 Å². The number of rotatable bonds is 7. The van der Waals surface area contributed by atoms with Crippen LogP contribution in [0.25, 0.3) is 10.2 Å². The summed E-state index contributed by atoms with van der Waals surface area (Å²) in [6.45, 7) is 0.868. The number of aliphatic hydroxyl groups excluding tert-OH is 1. The molecule has 3 aromatic rings. The van der Waals surface area contributed by atoms with Gasteiger partial charge < -0.3 is 15.7 Å². The molecule has 3 aromatic heterocycles. The fraction of sp³-hybridized carbons (Fsp3) is 0.500. The minimum Gasteiger partial charge on any atom is -0.391 e. The Labute approximate surface area is 182 Å². The zero-order valence-electron chi connectivity index (χ0n) is 16.4. The highest BCUT2D eigenvalue weighted by molar-refractivity contribution is 7.17. The van der Waals surface area contributed by atoms with E-state index in [1.165, 1.54) is 24.2 Å². The maximum absolute atomic E-state index is 9.29. The van der Waals surface area contributed by atoms with Gasteiger partial charge in [0.05, 0.1) is 22.9 Å². The van der Waals surface area contributed by atoms with Crippen molar-refractivity contribution in [3.8, 4) is 6.07 Å². The number of hydrogen-bond donors (Lipinski definition) is 3. The zero-order valence-corrected chi connectivity index (χ0v) is 18.0. The third-order valence-corrected chi connectivity index (χ3v) is 7.66. The molecule has 5 rings (SSSR count). The second kappa shape index (κ2) is 8.43. The van der Waals surface area contributed by atoms with Gasteiger partial charge in [-0.3, -0.25) is 4.90 Å². The molecule has 3 atom stereocenters. The molecular weight excluding hydrogens is 418 g/mol. The molecule has 8 nitrogen and oxygen atoms in total. The molecule has 30 heavy (non-hydrogen) atoms. The van der Waals surface area contributed by atoms with Gasteiger partial charge in [0.1, 0.15) is 10.6 Å². The first kappa shape index (κ1) is 19.6. The average Bonchev–Trinajstić information content (AvgIpc) is 3.45. The van der Waals surface area contributed by atoms with E-state index in [1.54, 1.807) is 17.5 Å². The van der Waals surface area contributed by atoms with Gasteiger partial charge in [-0.2, -0.15) is 10.2 Å². The molecule has 10 heteroatoms. The first-order valence-corrected chi connectivity index (χ1v) is 11.9. The highest BCUT2D eigenvalue weighted by atomic mass is 32.1. The molecule has 2 saturated heterocycles. The monoisotopic (exact) mass is 441 g/mol. The minimum absolute atomic E-state index is 0.0147. The van der Waals surface area contributed by atoms with Crippen LogP contribution in [0.3, 0.4) is 0 Å². The van der Waals surface area contributed by atoms with Gasteiger partial charge in [-0.15, -0.1) is 11.3 Å². The molecule has 0 aliphatic carbocycles. The van der Waals surface area contributed by atoms with Gasteiger partial charge in [0.15, 0.2) is 5.13 Å². The molecule has 0 aromatic carbocycles. The fourth-order valence-electron chi connectivity index (χ4n) is 4.67. The van der Waals surface area contributed by atoms with Crippen molar-refractivity contribution < 1.29 is 5.11 Å². The van der Waals surface area contributed by atoms with Crippen LogP contribution in [0, 0.1) is 11.3 Å². The third kappa shape index (κ3) is 3.86. The largest absolute Gasteiger partial charge is 0.391 e. The number of anilines is 3. The van der Waals surface area contributed by atoms with Gasteiger partial charge in [-0.05, 0) is 37.1 Å². The normalized spacial score (nSPS) is 23.5.